The van der Waals surface area contributed by atoms with E-state index in [4.69, 9.17) is 0 Å². The fraction of sp³-hybridized carbons (Fsp3) is 0.467. The van der Waals surface area contributed by atoms with Gasteiger partial charge in [0.25, 0.3) is 0 Å². The van der Waals surface area contributed by atoms with Gasteiger partial charge in [-0.1, -0.05) is 31.9 Å². The molecule has 1 amide bonds. The maximum Gasteiger partial charge on any atom is 0.328 e. The lowest BCUT2D eigenvalue weighted by Crippen LogP contribution is -2.42. The summed E-state index contributed by atoms with van der Waals surface area (Å²) in [6, 6.07) is 5.20. The summed E-state index contributed by atoms with van der Waals surface area (Å²) < 4.78 is 17.7. The largest absolute Gasteiger partial charge is 0.467 e. The van der Waals surface area contributed by atoms with Gasteiger partial charge in [-0.15, -0.1) is 0 Å². The number of halogens is 1. The number of hydrogen-bond donors (Lipinski definition) is 1. The van der Waals surface area contributed by atoms with Crippen molar-refractivity contribution in [3.8, 4) is 0 Å². The van der Waals surface area contributed by atoms with Crippen LogP contribution in [-0.4, -0.2) is 25.0 Å². The second-order valence-electron chi connectivity index (χ2n) is 4.59. The van der Waals surface area contributed by atoms with Crippen LogP contribution in [0.4, 0.5) is 4.39 Å². The van der Waals surface area contributed by atoms with Crippen molar-refractivity contribution in [2.75, 3.05) is 7.11 Å². The summed E-state index contributed by atoms with van der Waals surface area (Å²) in [7, 11) is 1.29. The highest BCUT2D eigenvalue weighted by Crippen LogP contribution is 2.06. The summed E-state index contributed by atoms with van der Waals surface area (Å²) in [5.41, 5.74) is 0.571. The summed E-state index contributed by atoms with van der Waals surface area (Å²) in [5.74, 6) is -1.15. The molecule has 0 heterocycles. The van der Waals surface area contributed by atoms with Crippen molar-refractivity contribution >= 4 is 11.9 Å². The van der Waals surface area contributed by atoms with Crippen LogP contribution in [0.3, 0.4) is 0 Å². The fourth-order valence-corrected chi connectivity index (χ4v) is 1.88. The maximum absolute atomic E-state index is 13.0. The number of ether oxygens (including phenoxy) is 1. The zero-order valence-electron chi connectivity index (χ0n) is 11.8. The van der Waals surface area contributed by atoms with E-state index >= 15 is 0 Å². The van der Waals surface area contributed by atoms with E-state index in [1.807, 2.05) is 6.92 Å². The molecule has 110 valence electrons. The van der Waals surface area contributed by atoms with Crippen molar-refractivity contribution < 1.29 is 18.7 Å². The number of rotatable bonds is 7. The number of unbranched alkanes of at least 4 members (excludes halogenated alkanes) is 1. The standard InChI is InChI=1S/C15H20FNO3/c1-3-4-8-13(15(19)20-2)17-14(18)10-11-6-5-7-12(16)9-11/h5-7,9,13H,3-4,8,10H2,1-2H3,(H,17,18)/t13-/m1/s1. The number of methoxy groups -OCH3 is 1. The first-order valence-electron chi connectivity index (χ1n) is 6.68. The number of benzene rings is 1. The Balaban J connectivity index is 2.59. The Morgan fingerprint density at radius 1 is 1.40 bits per heavy atom. The van der Waals surface area contributed by atoms with Crippen molar-refractivity contribution in [3.05, 3.63) is 35.6 Å². The van der Waals surface area contributed by atoms with Crippen molar-refractivity contribution in [3.63, 3.8) is 0 Å². The Morgan fingerprint density at radius 2 is 2.15 bits per heavy atom. The minimum atomic E-state index is -0.638. The van der Waals surface area contributed by atoms with E-state index < -0.39 is 12.0 Å². The quantitative estimate of drug-likeness (QED) is 0.780. The van der Waals surface area contributed by atoms with Gasteiger partial charge < -0.3 is 10.1 Å². The molecule has 0 unspecified atom stereocenters. The SMILES string of the molecule is CCCC[C@@H](NC(=O)Cc1cccc(F)c1)C(=O)OC. The van der Waals surface area contributed by atoms with E-state index in [0.717, 1.165) is 12.8 Å². The van der Waals surface area contributed by atoms with E-state index in [-0.39, 0.29) is 18.1 Å². The van der Waals surface area contributed by atoms with E-state index in [9.17, 15) is 14.0 Å². The molecule has 0 spiro atoms. The van der Waals surface area contributed by atoms with Crippen LogP contribution in [0.15, 0.2) is 24.3 Å². The highest BCUT2D eigenvalue weighted by atomic mass is 19.1. The van der Waals surface area contributed by atoms with Gasteiger partial charge in [0, 0.05) is 0 Å². The molecular weight excluding hydrogens is 261 g/mol. The Bertz CT molecular complexity index is 462. The minimum absolute atomic E-state index is 0.0391. The van der Waals surface area contributed by atoms with E-state index in [1.54, 1.807) is 12.1 Å². The Morgan fingerprint density at radius 3 is 2.75 bits per heavy atom. The first-order chi connectivity index (χ1) is 9.56. The van der Waals surface area contributed by atoms with Gasteiger partial charge in [-0.3, -0.25) is 4.79 Å². The lowest BCUT2D eigenvalue weighted by molar-refractivity contribution is -0.145. The molecule has 0 aliphatic rings. The number of amides is 1. The Hall–Kier alpha value is -1.91. The summed E-state index contributed by atoms with van der Waals surface area (Å²) >= 11 is 0. The molecule has 0 radical (unpaired) electrons. The molecular formula is C15H20FNO3. The molecule has 5 heteroatoms. The number of hydrogen-bond acceptors (Lipinski definition) is 3. The van der Waals surface area contributed by atoms with Crippen LogP contribution in [0.25, 0.3) is 0 Å². The number of nitrogens with one attached hydrogen (secondary N) is 1. The molecule has 0 saturated carbocycles. The molecule has 1 N–H and O–H groups in total. The smallest absolute Gasteiger partial charge is 0.328 e. The molecule has 0 aromatic heterocycles. The number of carbonyl (C=O) groups excluding carboxylic acids is 2. The third kappa shape index (κ3) is 5.38. The first kappa shape index (κ1) is 16.1. The zero-order valence-corrected chi connectivity index (χ0v) is 11.8. The Kier molecular flexibility index (Phi) is 6.70. The molecule has 20 heavy (non-hydrogen) atoms. The first-order valence-corrected chi connectivity index (χ1v) is 6.68. The molecule has 4 nitrogen and oxygen atoms in total. The van der Waals surface area contributed by atoms with Gasteiger partial charge in [-0.25, -0.2) is 9.18 Å². The van der Waals surface area contributed by atoms with Crippen molar-refractivity contribution in [1.29, 1.82) is 0 Å². The fourth-order valence-electron chi connectivity index (χ4n) is 1.88. The van der Waals surface area contributed by atoms with Gasteiger partial charge in [-0.05, 0) is 24.1 Å². The predicted molar refractivity (Wildman–Crippen MR) is 73.6 cm³/mol. The third-order valence-electron chi connectivity index (χ3n) is 2.92. The lowest BCUT2D eigenvalue weighted by Gasteiger charge is -2.16. The van der Waals surface area contributed by atoms with E-state index in [0.29, 0.717) is 12.0 Å². The van der Waals surface area contributed by atoms with Gasteiger partial charge in [0.2, 0.25) is 5.91 Å². The lowest BCUT2D eigenvalue weighted by atomic mass is 10.1. The molecule has 0 aliphatic carbocycles. The highest BCUT2D eigenvalue weighted by molar-refractivity contribution is 5.85. The van der Waals surface area contributed by atoms with Gasteiger partial charge >= 0.3 is 5.97 Å². The number of esters is 1. The monoisotopic (exact) mass is 281 g/mol. The van der Waals surface area contributed by atoms with Gasteiger partial charge in [0.1, 0.15) is 11.9 Å². The van der Waals surface area contributed by atoms with Crippen LogP contribution in [0.5, 0.6) is 0 Å². The normalized spacial score (nSPS) is 11.8. The van der Waals surface area contributed by atoms with Gasteiger partial charge in [0.15, 0.2) is 0 Å². The third-order valence-corrected chi connectivity index (χ3v) is 2.92. The summed E-state index contributed by atoms with van der Waals surface area (Å²) in [5, 5.41) is 2.63. The minimum Gasteiger partial charge on any atom is -0.467 e. The summed E-state index contributed by atoms with van der Waals surface area (Å²) in [6.07, 6.45) is 2.32. The zero-order chi connectivity index (χ0) is 15.0. The average molecular weight is 281 g/mol. The summed E-state index contributed by atoms with van der Waals surface area (Å²) in [4.78, 5) is 23.4. The molecule has 1 atom stereocenters. The van der Waals surface area contributed by atoms with Crippen molar-refractivity contribution in [2.24, 2.45) is 0 Å². The van der Waals surface area contributed by atoms with Crippen molar-refractivity contribution in [1.82, 2.24) is 5.32 Å². The second kappa shape index (κ2) is 8.30. The molecule has 1 aromatic rings. The highest BCUT2D eigenvalue weighted by Gasteiger charge is 2.20. The maximum atomic E-state index is 13.0. The molecule has 1 aromatic carbocycles. The van der Waals surface area contributed by atoms with Crippen LogP contribution in [0, 0.1) is 5.82 Å². The Labute approximate surface area is 118 Å². The molecule has 0 aliphatic heterocycles. The molecule has 0 saturated heterocycles. The van der Waals surface area contributed by atoms with Crippen LogP contribution >= 0.6 is 0 Å². The number of carbonyl (C=O) groups is 2. The molecule has 1 rings (SSSR count). The van der Waals surface area contributed by atoms with E-state index in [2.05, 4.69) is 10.1 Å². The van der Waals surface area contributed by atoms with E-state index in [1.165, 1.54) is 19.2 Å². The summed E-state index contributed by atoms with van der Waals surface area (Å²) in [6.45, 7) is 2.00. The second-order valence-corrected chi connectivity index (χ2v) is 4.59. The van der Waals surface area contributed by atoms with Crippen LogP contribution in [0.1, 0.15) is 31.7 Å². The average Bonchev–Trinajstić information content (AvgIpc) is 2.42. The van der Waals surface area contributed by atoms with Crippen LogP contribution in [-0.2, 0) is 20.7 Å². The molecule has 0 bridgehead atoms. The van der Waals surface area contributed by atoms with Crippen LogP contribution in [0.2, 0.25) is 0 Å². The predicted octanol–water partition coefficient (Wildman–Crippen LogP) is 2.22. The topological polar surface area (TPSA) is 55.4 Å². The van der Waals surface area contributed by atoms with Gasteiger partial charge in [0.05, 0.1) is 13.5 Å². The van der Waals surface area contributed by atoms with Crippen molar-refractivity contribution in [2.45, 2.75) is 38.6 Å². The van der Waals surface area contributed by atoms with Gasteiger partial charge in [-0.2, -0.15) is 0 Å². The molecule has 0 fully saturated rings. The van der Waals surface area contributed by atoms with Crippen LogP contribution < -0.4 is 5.32 Å².